The van der Waals surface area contributed by atoms with Crippen LogP contribution in [0.2, 0.25) is 0 Å². The summed E-state index contributed by atoms with van der Waals surface area (Å²) in [4.78, 5) is 21.8. The van der Waals surface area contributed by atoms with Crippen LogP contribution in [0.1, 0.15) is 25.2 Å². The number of hydrogen-bond acceptors (Lipinski definition) is 4. The molecule has 0 fully saturated rings. The van der Waals surface area contributed by atoms with E-state index < -0.39 is 0 Å². The van der Waals surface area contributed by atoms with Crippen LogP contribution in [0.25, 0.3) is 0 Å². The molecule has 0 radical (unpaired) electrons. The van der Waals surface area contributed by atoms with E-state index in [9.17, 15) is 4.79 Å². The Balaban J connectivity index is 2.32. The fourth-order valence-electron chi connectivity index (χ4n) is 1.50. The minimum atomic E-state index is 0.120. The lowest BCUT2D eigenvalue weighted by Gasteiger charge is -2.18. The average molecular weight is 236 g/mol. The Kier molecular flexibility index (Phi) is 5.56. The number of amides is 1. The molecule has 1 aromatic heterocycles. The van der Waals surface area contributed by atoms with Gasteiger partial charge in [0, 0.05) is 32.0 Å². The summed E-state index contributed by atoms with van der Waals surface area (Å²) in [6.07, 6.45) is 3.45. The van der Waals surface area contributed by atoms with Crippen LogP contribution in [0.3, 0.4) is 0 Å². The van der Waals surface area contributed by atoms with E-state index in [0.717, 1.165) is 24.5 Å². The van der Waals surface area contributed by atoms with E-state index in [2.05, 4.69) is 15.3 Å². The van der Waals surface area contributed by atoms with Crippen LogP contribution in [0.15, 0.2) is 12.4 Å². The summed E-state index contributed by atoms with van der Waals surface area (Å²) in [5.41, 5.74) is 1.75. The van der Waals surface area contributed by atoms with Gasteiger partial charge >= 0.3 is 0 Å². The first kappa shape index (κ1) is 13.6. The van der Waals surface area contributed by atoms with Crippen LogP contribution < -0.4 is 5.32 Å². The lowest BCUT2D eigenvalue weighted by atomic mass is 10.4. The molecular weight excluding hydrogens is 216 g/mol. The maximum Gasteiger partial charge on any atom is 0.236 e. The third-order valence-electron chi connectivity index (χ3n) is 2.53. The maximum atomic E-state index is 11.7. The van der Waals surface area contributed by atoms with Crippen molar-refractivity contribution >= 4 is 5.91 Å². The van der Waals surface area contributed by atoms with Gasteiger partial charge in [-0.05, 0) is 20.8 Å². The molecule has 1 N–H and O–H groups in total. The fraction of sp³-hybridized carbons (Fsp3) is 0.583. The number of hydrogen-bond donors (Lipinski definition) is 1. The molecule has 1 aromatic rings. The zero-order valence-electron chi connectivity index (χ0n) is 10.7. The van der Waals surface area contributed by atoms with Gasteiger partial charge in [0.25, 0.3) is 0 Å². The third kappa shape index (κ3) is 4.48. The largest absolute Gasteiger partial charge is 0.342 e. The Bertz CT molecular complexity index is 346. The van der Waals surface area contributed by atoms with Crippen LogP contribution in [-0.2, 0) is 11.3 Å². The Labute approximate surface area is 102 Å². The number of carbonyl (C=O) groups is 1. The van der Waals surface area contributed by atoms with E-state index in [1.165, 1.54) is 0 Å². The first-order chi connectivity index (χ1) is 8.17. The van der Waals surface area contributed by atoms with Crippen LogP contribution in [-0.4, -0.2) is 40.4 Å². The predicted molar refractivity (Wildman–Crippen MR) is 66.4 cm³/mol. The second-order valence-corrected chi connectivity index (χ2v) is 3.82. The van der Waals surface area contributed by atoms with Crippen molar-refractivity contribution in [3.05, 3.63) is 23.8 Å². The standard InChI is InChI=1S/C12H20N4O/c1-4-16(5-2)12(17)9-13-7-11-8-14-10(3)6-15-11/h6,8,13H,4-5,7,9H2,1-3H3. The Hall–Kier alpha value is -1.49. The van der Waals surface area contributed by atoms with Gasteiger partial charge in [0.2, 0.25) is 5.91 Å². The number of aromatic nitrogens is 2. The van der Waals surface area contributed by atoms with E-state index in [4.69, 9.17) is 0 Å². The monoisotopic (exact) mass is 236 g/mol. The first-order valence-electron chi connectivity index (χ1n) is 5.93. The highest BCUT2D eigenvalue weighted by molar-refractivity contribution is 5.78. The van der Waals surface area contributed by atoms with Gasteiger partial charge in [0.15, 0.2) is 0 Å². The predicted octanol–water partition coefficient (Wildman–Crippen LogP) is 0.743. The van der Waals surface area contributed by atoms with Crippen molar-refractivity contribution < 1.29 is 4.79 Å². The summed E-state index contributed by atoms with van der Waals surface area (Å²) >= 11 is 0. The van der Waals surface area contributed by atoms with Gasteiger partial charge in [-0.15, -0.1) is 0 Å². The molecule has 1 heterocycles. The third-order valence-corrected chi connectivity index (χ3v) is 2.53. The number of nitrogens with one attached hydrogen (secondary N) is 1. The van der Waals surface area contributed by atoms with Crippen molar-refractivity contribution in [2.24, 2.45) is 0 Å². The summed E-state index contributed by atoms with van der Waals surface area (Å²) in [6.45, 7) is 8.27. The molecule has 0 unspecified atom stereocenters. The molecule has 0 atom stereocenters. The smallest absolute Gasteiger partial charge is 0.236 e. The Morgan fingerprint density at radius 2 is 2.00 bits per heavy atom. The van der Waals surface area contributed by atoms with Crippen LogP contribution in [0.4, 0.5) is 0 Å². The van der Waals surface area contributed by atoms with Gasteiger partial charge in [-0.2, -0.15) is 0 Å². The number of likely N-dealkylation sites (N-methyl/N-ethyl adjacent to an activating group) is 1. The molecule has 0 bridgehead atoms. The molecular formula is C12H20N4O. The van der Waals surface area contributed by atoms with Crippen LogP contribution >= 0.6 is 0 Å². The molecule has 0 aliphatic rings. The topological polar surface area (TPSA) is 58.1 Å². The molecule has 0 aliphatic heterocycles. The molecule has 0 aromatic carbocycles. The summed E-state index contributed by atoms with van der Waals surface area (Å²) in [5, 5.41) is 3.08. The average Bonchev–Trinajstić information content (AvgIpc) is 2.33. The van der Waals surface area contributed by atoms with Crippen molar-refractivity contribution in [1.82, 2.24) is 20.2 Å². The zero-order chi connectivity index (χ0) is 12.7. The molecule has 0 spiro atoms. The number of rotatable bonds is 6. The van der Waals surface area contributed by atoms with Crippen molar-refractivity contribution in [1.29, 1.82) is 0 Å². The lowest BCUT2D eigenvalue weighted by molar-refractivity contribution is -0.129. The summed E-state index contributed by atoms with van der Waals surface area (Å²) in [5.74, 6) is 0.120. The Morgan fingerprint density at radius 3 is 2.53 bits per heavy atom. The van der Waals surface area contributed by atoms with E-state index >= 15 is 0 Å². The van der Waals surface area contributed by atoms with Gasteiger partial charge in [0.1, 0.15) is 0 Å². The minimum absolute atomic E-state index is 0.120. The van der Waals surface area contributed by atoms with Crippen LogP contribution in [0.5, 0.6) is 0 Å². The molecule has 1 rings (SSSR count). The van der Waals surface area contributed by atoms with Crippen molar-refractivity contribution in [3.8, 4) is 0 Å². The highest BCUT2D eigenvalue weighted by Crippen LogP contribution is 1.93. The maximum absolute atomic E-state index is 11.7. The summed E-state index contributed by atoms with van der Waals surface area (Å²) in [7, 11) is 0. The van der Waals surface area contributed by atoms with Crippen molar-refractivity contribution in [2.75, 3.05) is 19.6 Å². The van der Waals surface area contributed by atoms with Crippen molar-refractivity contribution in [2.45, 2.75) is 27.3 Å². The summed E-state index contributed by atoms with van der Waals surface area (Å²) in [6, 6.07) is 0. The second-order valence-electron chi connectivity index (χ2n) is 3.82. The van der Waals surface area contributed by atoms with E-state index in [1.54, 1.807) is 17.3 Å². The minimum Gasteiger partial charge on any atom is -0.342 e. The molecule has 5 heteroatoms. The van der Waals surface area contributed by atoms with Gasteiger partial charge in [0.05, 0.1) is 17.9 Å². The molecule has 94 valence electrons. The van der Waals surface area contributed by atoms with Gasteiger partial charge in [-0.3, -0.25) is 14.8 Å². The molecule has 0 saturated heterocycles. The van der Waals surface area contributed by atoms with Gasteiger partial charge in [-0.1, -0.05) is 0 Å². The van der Waals surface area contributed by atoms with E-state index in [1.807, 2.05) is 20.8 Å². The number of nitrogens with zero attached hydrogens (tertiary/aromatic N) is 3. The Morgan fingerprint density at radius 1 is 1.29 bits per heavy atom. The number of aryl methyl sites for hydroxylation is 1. The van der Waals surface area contributed by atoms with Crippen LogP contribution in [0, 0.1) is 6.92 Å². The molecule has 17 heavy (non-hydrogen) atoms. The highest BCUT2D eigenvalue weighted by Gasteiger charge is 2.08. The zero-order valence-corrected chi connectivity index (χ0v) is 10.7. The van der Waals surface area contributed by atoms with E-state index in [0.29, 0.717) is 13.1 Å². The molecule has 5 nitrogen and oxygen atoms in total. The second kappa shape index (κ2) is 6.96. The molecule has 0 saturated carbocycles. The quantitative estimate of drug-likeness (QED) is 0.791. The van der Waals surface area contributed by atoms with E-state index in [-0.39, 0.29) is 5.91 Å². The SMILES string of the molecule is CCN(CC)C(=O)CNCc1cnc(C)cn1. The van der Waals surface area contributed by atoms with Gasteiger partial charge < -0.3 is 10.2 Å². The van der Waals surface area contributed by atoms with Crippen molar-refractivity contribution in [3.63, 3.8) is 0 Å². The molecule has 0 aliphatic carbocycles. The lowest BCUT2D eigenvalue weighted by Crippen LogP contribution is -2.37. The number of carbonyl (C=O) groups excluding carboxylic acids is 1. The molecule has 1 amide bonds. The fourth-order valence-corrected chi connectivity index (χ4v) is 1.50. The highest BCUT2D eigenvalue weighted by atomic mass is 16.2. The summed E-state index contributed by atoms with van der Waals surface area (Å²) < 4.78 is 0. The normalized spacial score (nSPS) is 10.3. The first-order valence-corrected chi connectivity index (χ1v) is 5.93. The van der Waals surface area contributed by atoms with Gasteiger partial charge in [-0.25, -0.2) is 0 Å².